The highest BCUT2D eigenvalue weighted by Crippen LogP contribution is 2.58. The van der Waals surface area contributed by atoms with Crippen LogP contribution in [0.25, 0.3) is 0 Å². The fourth-order valence-corrected chi connectivity index (χ4v) is 2.69. The number of carbonyl (C=O) groups is 2. The van der Waals surface area contributed by atoms with Crippen LogP contribution in [0.5, 0.6) is 5.75 Å². The van der Waals surface area contributed by atoms with Gasteiger partial charge in [-0.2, -0.15) is 0 Å². The van der Waals surface area contributed by atoms with E-state index in [2.05, 4.69) is 5.32 Å². The maximum atomic E-state index is 12.2. The fraction of sp³-hybridized carbons (Fsp3) is 0.500. The lowest BCUT2D eigenvalue weighted by Crippen LogP contribution is -2.17. The van der Waals surface area contributed by atoms with Gasteiger partial charge < -0.3 is 15.2 Å². The van der Waals surface area contributed by atoms with Gasteiger partial charge in [0.25, 0.3) is 0 Å². The van der Waals surface area contributed by atoms with Crippen LogP contribution in [0.4, 0.5) is 5.69 Å². The third-order valence-corrected chi connectivity index (χ3v) is 3.95. The molecule has 0 radical (unpaired) electrons. The molecule has 0 spiro atoms. The number of carboxylic acid groups (broad SMARTS) is 1. The first-order chi connectivity index (χ1) is 9.87. The SMILES string of the molecule is CCCOc1cccc(NC(=O)C2C(C(=O)O)C2(C)C)c1. The molecule has 2 atom stereocenters. The van der Waals surface area contributed by atoms with Crippen LogP contribution in [-0.4, -0.2) is 23.6 Å². The zero-order valence-corrected chi connectivity index (χ0v) is 12.6. The Kier molecular flexibility index (Phi) is 4.21. The van der Waals surface area contributed by atoms with E-state index in [1.165, 1.54) is 0 Å². The summed E-state index contributed by atoms with van der Waals surface area (Å²) in [7, 11) is 0. The van der Waals surface area contributed by atoms with Crippen LogP contribution in [-0.2, 0) is 9.59 Å². The number of hydrogen-bond donors (Lipinski definition) is 2. The molecule has 1 amide bonds. The number of carbonyl (C=O) groups excluding carboxylic acids is 1. The van der Waals surface area contributed by atoms with Crippen molar-refractivity contribution in [2.24, 2.45) is 17.3 Å². The normalized spacial score (nSPS) is 22.4. The Morgan fingerprint density at radius 1 is 1.33 bits per heavy atom. The second-order valence-electron chi connectivity index (χ2n) is 5.98. The van der Waals surface area contributed by atoms with E-state index in [9.17, 15) is 9.59 Å². The molecule has 5 nitrogen and oxygen atoms in total. The van der Waals surface area contributed by atoms with Crippen molar-refractivity contribution in [3.05, 3.63) is 24.3 Å². The van der Waals surface area contributed by atoms with E-state index in [-0.39, 0.29) is 5.91 Å². The molecular weight excluding hydrogens is 270 g/mol. The molecule has 1 saturated carbocycles. The number of carboxylic acids is 1. The van der Waals surface area contributed by atoms with Crippen LogP contribution in [0.1, 0.15) is 27.2 Å². The zero-order valence-electron chi connectivity index (χ0n) is 12.6. The summed E-state index contributed by atoms with van der Waals surface area (Å²) in [6, 6.07) is 7.14. The van der Waals surface area contributed by atoms with Gasteiger partial charge in [0.2, 0.25) is 5.91 Å². The minimum atomic E-state index is -0.917. The summed E-state index contributed by atoms with van der Waals surface area (Å²) in [6.07, 6.45) is 0.910. The molecule has 1 aromatic rings. The third-order valence-electron chi connectivity index (χ3n) is 3.95. The van der Waals surface area contributed by atoms with Crippen LogP contribution < -0.4 is 10.1 Å². The van der Waals surface area contributed by atoms with Crippen molar-refractivity contribution < 1.29 is 19.4 Å². The molecule has 0 aliphatic heterocycles. The third kappa shape index (κ3) is 3.17. The Bertz CT molecular complexity index is 553. The van der Waals surface area contributed by atoms with Crippen molar-refractivity contribution in [3.63, 3.8) is 0 Å². The van der Waals surface area contributed by atoms with E-state index >= 15 is 0 Å². The van der Waals surface area contributed by atoms with E-state index in [0.717, 1.165) is 6.42 Å². The van der Waals surface area contributed by atoms with Gasteiger partial charge in [-0.05, 0) is 24.0 Å². The minimum Gasteiger partial charge on any atom is -0.494 e. The summed E-state index contributed by atoms with van der Waals surface area (Å²) in [5.41, 5.74) is 0.132. The number of aliphatic carboxylic acids is 1. The molecule has 0 saturated heterocycles. The first-order valence-corrected chi connectivity index (χ1v) is 7.14. The van der Waals surface area contributed by atoms with Gasteiger partial charge in [-0.25, -0.2) is 0 Å². The summed E-state index contributed by atoms with van der Waals surface area (Å²) in [5, 5.41) is 11.9. The zero-order chi connectivity index (χ0) is 15.6. The quantitative estimate of drug-likeness (QED) is 0.845. The molecular formula is C16H21NO4. The smallest absolute Gasteiger partial charge is 0.307 e. The highest BCUT2D eigenvalue weighted by molar-refractivity contribution is 5.99. The Morgan fingerprint density at radius 3 is 2.62 bits per heavy atom. The van der Waals surface area contributed by atoms with Crippen LogP contribution in [0, 0.1) is 17.3 Å². The van der Waals surface area contributed by atoms with Gasteiger partial charge in [-0.1, -0.05) is 26.8 Å². The largest absolute Gasteiger partial charge is 0.494 e. The predicted octanol–water partition coefficient (Wildman–Crippen LogP) is 2.77. The lowest BCUT2D eigenvalue weighted by Gasteiger charge is -2.09. The van der Waals surface area contributed by atoms with Crippen LogP contribution in [0.15, 0.2) is 24.3 Å². The van der Waals surface area contributed by atoms with Crippen LogP contribution in [0.2, 0.25) is 0 Å². The molecule has 0 aromatic heterocycles. The van der Waals surface area contributed by atoms with Gasteiger partial charge in [0.1, 0.15) is 5.75 Å². The lowest BCUT2D eigenvalue weighted by molar-refractivity contribution is -0.140. The summed E-state index contributed by atoms with van der Waals surface area (Å²) in [4.78, 5) is 23.3. The second kappa shape index (κ2) is 5.76. The average molecular weight is 291 g/mol. The van der Waals surface area contributed by atoms with Crippen molar-refractivity contribution in [3.8, 4) is 5.75 Å². The van der Waals surface area contributed by atoms with E-state index < -0.39 is 23.2 Å². The summed E-state index contributed by atoms with van der Waals surface area (Å²) >= 11 is 0. The number of benzene rings is 1. The first-order valence-electron chi connectivity index (χ1n) is 7.14. The van der Waals surface area contributed by atoms with Crippen molar-refractivity contribution in [1.29, 1.82) is 0 Å². The van der Waals surface area contributed by atoms with Crippen molar-refractivity contribution in [1.82, 2.24) is 0 Å². The number of ether oxygens (including phenoxy) is 1. The van der Waals surface area contributed by atoms with Crippen LogP contribution >= 0.6 is 0 Å². The van der Waals surface area contributed by atoms with Gasteiger partial charge in [-0.15, -0.1) is 0 Å². The number of hydrogen-bond acceptors (Lipinski definition) is 3. The number of amides is 1. The molecule has 21 heavy (non-hydrogen) atoms. The molecule has 0 heterocycles. The summed E-state index contributed by atoms with van der Waals surface area (Å²) < 4.78 is 5.51. The molecule has 0 bridgehead atoms. The Labute approximate surface area is 124 Å². The Morgan fingerprint density at radius 2 is 2.05 bits per heavy atom. The standard InChI is InChI=1S/C16H21NO4/c1-4-8-21-11-7-5-6-10(9-11)17-14(18)12-13(15(19)20)16(12,2)3/h5-7,9,12-13H,4,8H2,1-3H3,(H,17,18)(H,19,20). The molecule has 1 aliphatic carbocycles. The maximum Gasteiger partial charge on any atom is 0.307 e. The molecule has 2 N–H and O–H groups in total. The topological polar surface area (TPSA) is 75.6 Å². The van der Waals surface area contributed by atoms with E-state index in [1.807, 2.05) is 13.0 Å². The highest BCUT2D eigenvalue weighted by atomic mass is 16.5. The minimum absolute atomic E-state index is 0.250. The maximum absolute atomic E-state index is 12.2. The van der Waals surface area contributed by atoms with Crippen LogP contribution in [0.3, 0.4) is 0 Å². The molecule has 1 aromatic carbocycles. The number of rotatable bonds is 6. The van der Waals surface area contributed by atoms with Crippen molar-refractivity contribution in [2.45, 2.75) is 27.2 Å². The highest BCUT2D eigenvalue weighted by Gasteiger charge is 2.65. The van der Waals surface area contributed by atoms with Gasteiger partial charge in [0.05, 0.1) is 18.4 Å². The predicted molar refractivity (Wildman–Crippen MR) is 79.3 cm³/mol. The van der Waals surface area contributed by atoms with Gasteiger partial charge in [0, 0.05) is 11.8 Å². The molecule has 5 heteroatoms. The monoisotopic (exact) mass is 291 g/mol. The molecule has 1 aliphatic rings. The first kappa shape index (κ1) is 15.4. The molecule has 2 rings (SSSR count). The second-order valence-corrected chi connectivity index (χ2v) is 5.98. The van der Waals surface area contributed by atoms with Crippen molar-refractivity contribution in [2.75, 3.05) is 11.9 Å². The van der Waals surface area contributed by atoms with Crippen molar-refractivity contribution >= 4 is 17.6 Å². The lowest BCUT2D eigenvalue weighted by atomic mass is 10.1. The molecule has 2 unspecified atom stereocenters. The number of anilines is 1. The van der Waals surface area contributed by atoms with E-state index in [1.54, 1.807) is 32.0 Å². The van der Waals surface area contributed by atoms with Gasteiger partial charge in [0.15, 0.2) is 0 Å². The molecule has 1 fully saturated rings. The fourth-order valence-electron chi connectivity index (χ4n) is 2.69. The van der Waals surface area contributed by atoms with Gasteiger partial charge >= 0.3 is 5.97 Å². The Balaban J connectivity index is 2.02. The average Bonchev–Trinajstić information content (AvgIpc) is 3.00. The van der Waals surface area contributed by atoms with E-state index in [4.69, 9.17) is 9.84 Å². The summed E-state index contributed by atoms with van der Waals surface area (Å²) in [6.45, 7) is 6.24. The number of nitrogens with one attached hydrogen (secondary N) is 1. The molecule has 114 valence electrons. The van der Waals surface area contributed by atoms with E-state index in [0.29, 0.717) is 18.0 Å². The summed E-state index contributed by atoms with van der Waals surface area (Å²) in [5.74, 6) is -1.58. The van der Waals surface area contributed by atoms with Gasteiger partial charge in [-0.3, -0.25) is 9.59 Å². The Hall–Kier alpha value is -2.04.